The molecule has 0 aliphatic carbocycles. The van der Waals surface area contributed by atoms with Gasteiger partial charge in [0, 0.05) is 23.7 Å². The van der Waals surface area contributed by atoms with Gasteiger partial charge in [-0.1, -0.05) is 13.8 Å². The number of aliphatic carboxylic acids is 1. The Morgan fingerprint density at radius 2 is 1.73 bits per heavy atom. The third-order valence-electron chi connectivity index (χ3n) is 5.03. The number of hydrogen-bond acceptors (Lipinski definition) is 3. The van der Waals surface area contributed by atoms with Crippen molar-refractivity contribution in [2.45, 2.75) is 39.5 Å². The Kier molecular flexibility index (Phi) is 9.22. The van der Waals surface area contributed by atoms with Gasteiger partial charge in [0.05, 0.1) is 27.2 Å². The number of likely N-dealkylation sites (tertiary alicyclic amines) is 1. The van der Waals surface area contributed by atoms with Crippen LogP contribution in [-0.4, -0.2) is 43.5 Å². The maximum Gasteiger partial charge on any atom is 1.00 e. The molecule has 1 saturated heterocycles. The summed E-state index contributed by atoms with van der Waals surface area (Å²) in [6.45, 7) is 6.12. The smallest absolute Gasteiger partial charge is 0.550 e. The molecule has 1 aliphatic heterocycles. The zero-order valence-electron chi connectivity index (χ0n) is 14.8. The Morgan fingerprint density at radius 3 is 2.14 bits per heavy atom. The predicted octanol–water partition coefficient (Wildman–Crippen LogP) is -2.62. The fourth-order valence-corrected chi connectivity index (χ4v) is 3.85. The molecule has 1 aliphatic rings. The molecule has 6 heteroatoms. The second kappa shape index (κ2) is 9.26. The standard InChI is InChI=1S/C16H30N2O3.Na/c1-5-11(15(17)19)7-13(16(20)21)8-14-10-18(3,4)9-12(14)6-2;/h11-14H,5-10H2,1-4H3,(H2-,17,19,20,21);/q;+1. The molecule has 22 heavy (non-hydrogen) atoms. The fourth-order valence-electron chi connectivity index (χ4n) is 3.85. The molecule has 4 atom stereocenters. The minimum Gasteiger partial charge on any atom is -0.550 e. The van der Waals surface area contributed by atoms with Crippen molar-refractivity contribution in [3.8, 4) is 0 Å². The van der Waals surface area contributed by atoms with Crippen molar-refractivity contribution in [1.29, 1.82) is 0 Å². The number of amides is 1. The monoisotopic (exact) mass is 321 g/mol. The molecule has 1 amide bonds. The summed E-state index contributed by atoms with van der Waals surface area (Å²) in [6, 6.07) is 0. The van der Waals surface area contributed by atoms with E-state index in [2.05, 4.69) is 21.0 Å². The summed E-state index contributed by atoms with van der Waals surface area (Å²) in [4.78, 5) is 22.8. The SMILES string of the molecule is CCC(CC(CC1C[N+](C)(C)CC1CC)C(=O)[O-])C(N)=O.[Na+]. The van der Waals surface area contributed by atoms with Crippen LogP contribution >= 0.6 is 0 Å². The van der Waals surface area contributed by atoms with E-state index in [1.54, 1.807) is 0 Å². The zero-order valence-corrected chi connectivity index (χ0v) is 16.8. The van der Waals surface area contributed by atoms with Gasteiger partial charge in [-0.2, -0.15) is 0 Å². The van der Waals surface area contributed by atoms with E-state index in [9.17, 15) is 14.7 Å². The summed E-state index contributed by atoms with van der Waals surface area (Å²) in [5.41, 5.74) is 5.35. The second-order valence-corrected chi connectivity index (χ2v) is 7.22. The van der Waals surface area contributed by atoms with Crippen LogP contribution in [0, 0.1) is 23.7 Å². The first-order valence-corrected chi connectivity index (χ1v) is 8.02. The Hall–Kier alpha value is -0.100. The normalized spacial score (nSPS) is 26.0. The van der Waals surface area contributed by atoms with Gasteiger partial charge >= 0.3 is 29.6 Å². The molecule has 1 fully saturated rings. The van der Waals surface area contributed by atoms with Gasteiger partial charge < -0.3 is 20.1 Å². The van der Waals surface area contributed by atoms with E-state index >= 15 is 0 Å². The van der Waals surface area contributed by atoms with E-state index in [0.29, 0.717) is 31.1 Å². The number of hydrogen-bond donors (Lipinski definition) is 1. The van der Waals surface area contributed by atoms with Gasteiger partial charge in [-0.15, -0.1) is 0 Å². The van der Waals surface area contributed by atoms with Gasteiger partial charge in [-0.05, 0) is 31.6 Å². The summed E-state index contributed by atoms with van der Waals surface area (Å²) in [6.07, 6.45) is 2.57. The van der Waals surface area contributed by atoms with Crippen LogP contribution in [0.2, 0.25) is 0 Å². The van der Waals surface area contributed by atoms with E-state index < -0.39 is 17.8 Å². The molecular formula is C16H30N2NaO3+. The van der Waals surface area contributed by atoms with Crippen LogP contribution in [0.4, 0.5) is 0 Å². The van der Waals surface area contributed by atoms with Gasteiger partial charge in [0.2, 0.25) is 5.91 Å². The molecule has 122 valence electrons. The van der Waals surface area contributed by atoms with Crippen molar-refractivity contribution in [3.05, 3.63) is 0 Å². The molecule has 2 N–H and O–H groups in total. The van der Waals surface area contributed by atoms with Crippen molar-refractivity contribution in [1.82, 2.24) is 0 Å². The zero-order chi connectivity index (χ0) is 16.2. The van der Waals surface area contributed by atoms with Crippen LogP contribution < -0.4 is 40.4 Å². The molecule has 0 saturated carbocycles. The number of nitrogens with zero attached hydrogens (tertiary/aromatic N) is 1. The summed E-state index contributed by atoms with van der Waals surface area (Å²) in [7, 11) is 4.38. The van der Waals surface area contributed by atoms with Gasteiger partial charge in [0.25, 0.3) is 0 Å². The van der Waals surface area contributed by atoms with Gasteiger partial charge in [-0.25, -0.2) is 0 Å². The first-order chi connectivity index (χ1) is 9.70. The minimum atomic E-state index is -1.04. The summed E-state index contributed by atoms with van der Waals surface area (Å²) < 4.78 is 0.940. The molecular weight excluding hydrogens is 291 g/mol. The molecule has 1 heterocycles. The third kappa shape index (κ3) is 6.19. The van der Waals surface area contributed by atoms with Gasteiger partial charge in [0.1, 0.15) is 0 Å². The van der Waals surface area contributed by atoms with Crippen LogP contribution in [0.1, 0.15) is 39.5 Å². The number of quaternary nitrogens is 1. The molecule has 4 unspecified atom stereocenters. The second-order valence-electron chi connectivity index (χ2n) is 7.22. The molecule has 1 rings (SSSR count). The van der Waals surface area contributed by atoms with Crippen molar-refractivity contribution in [2.75, 3.05) is 27.2 Å². The largest absolute Gasteiger partial charge is 1.00 e. The fraction of sp³-hybridized carbons (Fsp3) is 0.875. The maximum absolute atomic E-state index is 11.4. The average Bonchev–Trinajstić information content (AvgIpc) is 2.67. The summed E-state index contributed by atoms with van der Waals surface area (Å²) in [5, 5.41) is 11.4. The Balaban J connectivity index is 0.00000441. The average molecular weight is 321 g/mol. The Bertz CT molecular complexity index is 388. The summed E-state index contributed by atoms with van der Waals surface area (Å²) in [5.74, 6) is -1.44. The van der Waals surface area contributed by atoms with Crippen molar-refractivity contribution in [2.24, 2.45) is 29.4 Å². The molecule has 5 nitrogen and oxygen atoms in total. The number of carbonyl (C=O) groups excluding carboxylic acids is 2. The van der Waals surface area contributed by atoms with Crippen LogP contribution in [-0.2, 0) is 9.59 Å². The van der Waals surface area contributed by atoms with E-state index in [1.165, 1.54) is 0 Å². The van der Waals surface area contributed by atoms with Crippen molar-refractivity contribution in [3.63, 3.8) is 0 Å². The predicted molar refractivity (Wildman–Crippen MR) is 79.8 cm³/mol. The van der Waals surface area contributed by atoms with Gasteiger partial charge in [-0.3, -0.25) is 4.79 Å². The molecule has 0 spiro atoms. The van der Waals surface area contributed by atoms with E-state index in [1.807, 2.05) is 6.92 Å². The van der Waals surface area contributed by atoms with E-state index in [4.69, 9.17) is 5.73 Å². The third-order valence-corrected chi connectivity index (χ3v) is 5.03. The number of rotatable bonds is 8. The molecule has 0 aromatic heterocycles. The van der Waals surface area contributed by atoms with Crippen LogP contribution in [0.5, 0.6) is 0 Å². The Labute approximate surface area is 156 Å². The minimum absolute atomic E-state index is 0. The van der Waals surface area contributed by atoms with E-state index in [0.717, 1.165) is 24.0 Å². The van der Waals surface area contributed by atoms with Crippen LogP contribution in [0.25, 0.3) is 0 Å². The maximum atomic E-state index is 11.4. The molecule has 0 radical (unpaired) electrons. The molecule has 0 bridgehead atoms. The number of carboxylic acids is 1. The molecule has 0 aromatic rings. The number of carbonyl (C=O) groups is 2. The van der Waals surface area contributed by atoms with Crippen molar-refractivity contribution >= 4 is 11.9 Å². The quantitative estimate of drug-likeness (QED) is 0.392. The van der Waals surface area contributed by atoms with E-state index in [-0.39, 0.29) is 35.5 Å². The molecule has 0 aromatic carbocycles. The van der Waals surface area contributed by atoms with Crippen LogP contribution in [0.3, 0.4) is 0 Å². The summed E-state index contributed by atoms with van der Waals surface area (Å²) >= 11 is 0. The van der Waals surface area contributed by atoms with Gasteiger partial charge in [0.15, 0.2) is 0 Å². The van der Waals surface area contributed by atoms with Crippen LogP contribution in [0.15, 0.2) is 0 Å². The Morgan fingerprint density at radius 1 is 1.18 bits per heavy atom. The first-order valence-electron chi connectivity index (χ1n) is 8.02. The number of nitrogens with two attached hydrogens (primary N) is 1. The van der Waals surface area contributed by atoms with Crippen molar-refractivity contribution < 1.29 is 48.7 Å². The number of primary amides is 1. The first kappa shape index (κ1) is 21.9. The number of carboxylic acid groups (broad SMARTS) is 1. The topological polar surface area (TPSA) is 83.2 Å².